The Hall–Kier alpha value is -2.35. The maximum absolute atomic E-state index is 12.1. The molecule has 2 aromatic rings. The number of benzene rings is 1. The monoisotopic (exact) mass is 380 g/mol. The van der Waals surface area contributed by atoms with Crippen LogP contribution in [0.1, 0.15) is 35.9 Å². The topological polar surface area (TPSA) is 99.9 Å². The number of fused-ring (bicyclic) bond motifs is 1. The molecule has 1 fully saturated rings. The van der Waals surface area contributed by atoms with Gasteiger partial charge in [-0.05, 0) is 25.3 Å². The second-order valence-electron chi connectivity index (χ2n) is 6.26. The highest BCUT2D eigenvalue weighted by Crippen LogP contribution is 2.28. The molecule has 0 bridgehead atoms. The van der Waals surface area contributed by atoms with Gasteiger partial charge in [0, 0.05) is 11.8 Å². The van der Waals surface area contributed by atoms with Crippen LogP contribution in [0.2, 0.25) is 0 Å². The first kappa shape index (κ1) is 18.4. The predicted molar refractivity (Wildman–Crippen MR) is 93.3 cm³/mol. The number of rotatable bonds is 6. The first-order valence-electron chi connectivity index (χ1n) is 8.43. The lowest BCUT2D eigenvalue weighted by atomic mass is 10.1. The van der Waals surface area contributed by atoms with Crippen molar-refractivity contribution in [2.45, 2.75) is 26.4 Å². The Balaban J connectivity index is 1.72. The maximum Gasteiger partial charge on any atom is 0.374 e. The number of sulfone groups is 1. The Labute approximate surface area is 151 Å². The molecule has 1 aromatic carbocycles. The number of hydrogen-bond acceptors (Lipinski definition) is 7. The lowest BCUT2D eigenvalue weighted by molar-refractivity contribution is -0.145. The van der Waals surface area contributed by atoms with E-state index < -0.39 is 21.8 Å². The van der Waals surface area contributed by atoms with Crippen molar-refractivity contribution in [1.29, 1.82) is 0 Å². The minimum atomic E-state index is -3.04. The fourth-order valence-corrected chi connectivity index (χ4v) is 4.95. The minimum Gasteiger partial charge on any atom is -0.461 e. The molecule has 0 unspecified atom stereocenters. The number of carbonyl (C=O) groups is 2. The summed E-state index contributed by atoms with van der Waals surface area (Å²) in [6, 6.07) is 7.06. The quantitative estimate of drug-likeness (QED) is 0.710. The van der Waals surface area contributed by atoms with E-state index in [1.165, 1.54) is 0 Å². The number of para-hydroxylation sites is 1. The van der Waals surface area contributed by atoms with E-state index in [0.717, 1.165) is 0 Å². The van der Waals surface area contributed by atoms with Gasteiger partial charge in [0.05, 0.1) is 23.7 Å². The standard InChI is InChI=1S/C18H20O7S/c1-2-23-18(20)17-14(13-5-3-4-6-15(13)25-17)10-24-16(19)9-12-7-8-26(21,22)11-12/h3-6,12H,2,7-11H2,1H3/t12-/m0/s1. The summed E-state index contributed by atoms with van der Waals surface area (Å²) < 4.78 is 38.8. The van der Waals surface area contributed by atoms with E-state index in [1.807, 2.05) is 0 Å². The molecule has 1 saturated heterocycles. The summed E-state index contributed by atoms with van der Waals surface area (Å²) in [5.74, 6) is -1.17. The number of furan rings is 1. The van der Waals surface area contributed by atoms with Crippen LogP contribution in [0.25, 0.3) is 11.0 Å². The Morgan fingerprint density at radius 2 is 2.00 bits per heavy atom. The van der Waals surface area contributed by atoms with Crippen LogP contribution >= 0.6 is 0 Å². The van der Waals surface area contributed by atoms with Crippen molar-refractivity contribution in [2.24, 2.45) is 5.92 Å². The van der Waals surface area contributed by atoms with E-state index in [-0.39, 0.29) is 42.8 Å². The molecule has 140 valence electrons. The third-order valence-corrected chi connectivity index (χ3v) is 6.16. The van der Waals surface area contributed by atoms with Crippen molar-refractivity contribution in [1.82, 2.24) is 0 Å². The van der Waals surface area contributed by atoms with Crippen LogP contribution in [0, 0.1) is 5.92 Å². The van der Waals surface area contributed by atoms with E-state index in [0.29, 0.717) is 23.0 Å². The van der Waals surface area contributed by atoms with Crippen LogP contribution in [0.15, 0.2) is 28.7 Å². The van der Waals surface area contributed by atoms with Gasteiger partial charge in [-0.3, -0.25) is 4.79 Å². The molecule has 8 heteroatoms. The van der Waals surface area contributed by atoms with Gasteiger partial charge >= 0.3 is 11.9 Å². The lowest BCUT2D eigenvalue weighted by Crippen LogP contribution is -2.14. The van der Waals surface area contributed by atoms with E-state index in [9.17, 15) is 18.0 Å². The molecular formula is C18H20O7S. The zero-order chi connectivity index (χ0) is 18.7. The zero-order valence-corrected chi connectivity index (χ0v) is 15.2. The summed E-state index contributed by atoms with van der Waals surface area (Å²) in [4.78, 5) is 24.2. The average molecular weight is 380 g/mol. The Bertz CT molecular complexity index is 926. The van der Waals surface area contributed by atoms with E-state index in [4.69, 9.17) is 13.9 Å². The Morgan fingerprint density at radius 3 is 2.69 bits per heavy atom. The number of carbonyl (C=O) groups excluding carboxylic acids is 2. The van der Waals surface area contributed by atoms with Gasteiger partial charge in [-0.25, -0.2) is 13.2 Å². The molecule has 0 radical (unpaired) electrons. The van der Waals surface area contributed by atoms with Gasteiger partial charge in [-0.1, -0.05) is 18.2 Å². The molecule has 26 heavy (non-hydrogen) atoms. The number of ether oxygens (including phenoxy) is 2. The molecule has 0 spiro atoms. The Morgan fingerprint density at radius 1 is 1.23 bits per heavy atom. The van der Waals surface area contributed by atoms with Gasteiger partial charge in [-0.15, -0.1) is 0 Å². The highest BCUT2D eigenvalue weighted by molar-refractivity contribution is 7.91. The third-order valence-electron chi connectivity index (χ3n) is 4.32. The summed E-state index contributed by atoms with van der Waals surface area (Å²) in [7, 11) is -3.04. The highest BCUT2D eigenvalue weighted by Gasteiger charge is 2.30. The summed E-state index contributed by atoms with van der Waals surface area (Å²) in [6.07, 6.45) is 0.518. The number of hydrogen-bond donors (Lipinski definition) is 0. The van der Waals surface area contributed by atoms with E-state index >= 15 is 0 Å². The largest absolute Gasteiger partial charge is 0.461 e. The molecular weight excluding hydrogens is 360 g/mol. The van der Waals surface area contributed by atoms with Crippen molar-refractivity contribution in [3.63, 3.8) is 0 Å². The predicted octanol–water partition coefficient (Wildman–Crippen LogP) is 2.48. The van der Waals surface area contributed by atoms with Crippen molar-refractivity contribution >= 4 is 32.7 Å². The fraction of sp³-hybridized carbons (Fsp3) is 0.444. The number of esters is 2. The van der Waals surface area contributed by atoms with Crippen molar-refractivity contribution in [2.75, 3.05) is 18.1 Å². The molecule has 1 aliphatic heterocycles. The van der Waals surface area contributed by atoms with Gasteiger partial charge in [0.15, 0.2) is 9.84 Å². The first-order chi connectivity index (χ1) is 12.4. The highest BCUT2D eigenvalue weighted by atomic mass is 32.2. The molecule has 0 aliphatic carbocycles. The molecule has 7 nitrogen and oxygen atoms in total. The molecule has 0 N–H and O–H groups in total. The van der Waals surface area contributed by atoms with Gasteiger partial charge in [0.25, 0.3) is 0 Å². The zero-order valence-electron chi connectivity index (χ0n) is 14.4. The van der Waals surface area contributed by atoms with Crippen LogP contribution in [-0.4, -0.2) is 38.5 Å². The van der Waals surface area contributed by atoms with Crippen LogP contribution in [-0.2, 0) is 30.7 Å². The van der Waals surface area contributed by atoms with Gasteiger partial charge < -0.3 is 13.9 Å². The smallest absolute Gasteiger partial charge is 0.374 e. The van der Waals surface area contributed by atoms with Crippen molar-refractivity contribution in [3.8, 4) is 0 Å². The summed E-state index contributed by atoms with van der Waals surface area (Å²) in [6.45, 7) is 1.75. The normalized spacial score (nSPS) is 18.7. The maximum atomic E-state index is 12.1. The molecule has 0 saturated carbocycles. The molecule has 3 rings (SSSR count). The fourth-order valence-electron chi connectivity index (χ4n) is 3.08. The third kappa shape index (κ3) is 4.07. The van der Waals surface area contributed by atoms with Gasteiger partial charge in [0.2, 0.25) is 5.76 Å². The van der Waals surface area contributed by atoms with E-state index in [2.05, 4.69) is 0 Å². The average Bonchev–Trinajstić information content (AvgIpc) is 3.13. The van der Waals surface area contributed by atoms with E-state index in [1.54, 1.807) is 31.2 Å². The minimum absolute atomic E-state index is 0.0179. The SMILES string of the molecule is CCOC(=O)c1oc2ccccc2c1COC(=O)C[C@@H]1CCS(=O)(=O)C1. The summed E-state index contributed by atoms with van der Waals surface area (Å²) in [5.41, 5.74) is 0.954. The molecule has 1 aliphatic rings. The second-order valence-corrected chi connectivity index (χ2v) is 8.49. The van der Waals surface area contributed by atoms with Crippen molar-refractivity contribution < 1.29 is 31.9 Å². The van der Waals surface area contributed by atoms with Crippen molar-refractivity contribution in [3.05, 3.63) is 35.6 Å². The van der Waals surface area contributed by atoms with Crippen LogP contribution in [0.4, 0.5) is 0 Å². The van der Waals surface area contributed by atoms with Crippen LogP contribution in [0.5, 0.6) is 0 Å². The summed E-state index contributed by atoms with van der Waals surface area (Å²) >= 11 is 0. The van der Waals surface area contributed by atoms with Crippen LogP contribution in [0.3, 0.4) is 0 Å². The molecule has 1 atom stereocenters. The van der Waals surface area contributed by atoms with Crippen LogP contribution < -0.4 is 0 Å². The Kier molecular flexibility index (Phi) is 5.31. The molecule has 1 aromatic heterocycles. The van der Waals surface area contributed by atoms with Gasteiger partial charge in [0.1, 0.15) is 12.2 Å². The van der Waals surface area contributed by atoms with Gasteiger partial charge in [-0.2, -0.15) is 0 Å². The lowest BCUT2D eigenvalue weighted by Gasteiger charge is -2.08. The second kappa shape index (κ2) is 7.49. The summed E-state index contributed by atoms with van der Waals surface area (Å²) in [5, 5.41) is 0.673. The first-order valence-corrected chi connectivity index (χ1v) is 10.3. The molecule has 0 amide bonds. The molecule has 2 heterocycles.